The molecule has 7 nitrogen and oxygen atoms in total. The number of hydrogen-bond acceptors (Lipinski definition) is 6. The fourth-order valence-electron chi connectivity index (χ4n) is 3.82. The molecule has 0 radical (unpaired) electrons. The van der Waals surface area contributed by atoms with Crippen LogP contribution in [0.3, 0.4) is 0 Å². The number of fused-ring (bicyclic) bond motifs is 3. The first kappa shape index (κ1) is 20.8. The SMILES string of the molecule is NC(=O)C1=CC2CN1C=CN=COC=CC=CC=Cc1cccc3c1CN(CC3)CO2. The topological polar surface area (TPSA) is 80.4 Å². The summed E-state index contributed by atoms with van der Waals surface area (Å²) in [5, 5.41) is 0. The van der Waals surface area contributed by atoms with Gasteiger partial charge in [0.25, 0.3) is 5.91 Å². The third-order valence-corrected chi connectivity index (χ3v) is 5.36. The number of nitrogens with zero attached hydrogens (tertiary/aromatic N) is 3. The predicted molar refractivity (Wildman–Crippen MR) is 120 cm³/mol. The lowest BCUT2D eigenvalue weighted by Gasteiger charge is -2.30. The molecular weight excluding hydrogens is 392 g/mol. The van der Waals surface area contributed by atoms with Crippen molar-refractivity contribution >= 4 is 18.4 Å². The lowest BCUT2D eigenvalue weighted by molar-refractivity contribution is -0.115. The van der Waals surface area contributed by atoms with Crippen molar-refractivity contribution in [3.8, 4) is 0 Å². The molecule has 31 heavy (non-hydrogen) atoms. The molecule has 3 heterocycles. The average molecular weight is 418 g/mol. The summed E-state index contributed by atoms with van der Waals surface area (Å²) in [6, 6.07) is 6.44. The molecule has 160 valence electrons. The van der Waals surface area contributed by atoms with Gasteiger partial charge in [0.05, 0.1) is 18.9 Å². The van der Waals surface area contributed by atoms with E-state index in [1.807, 2.05) is 18.2 Å². The Bertz CT molecular complexity index is 991. The van der Waals surface area contributed by atoms with Crippen molar-refractivity contribution in [2.45, 2.75) is 19.1 Å². The molecule has 0 spiro atoms. The van der Waals surface area contributed by atoms with Gasteiger partial charge in [0.1, 0.15) is 12.4 Å². The molecule has 0 aromatic heterocycles. The van der Waals surface area contributed by atoms with Gasteiger partial charge >= 0.3 is 0 Å². The minimum Gasteiger partial charge on any atom is -0.453 e. The Labute approximate surface area is 182 Å². The fourth-order valence-corrected chi connectivity index (χ4v) is 3.82. The molecule has 3 aliphatic heterocycles. The second-order valence-corrected chi connectivity index (χ2v) is 7.45. The fraction of sp³-hybridized carbons (Fsp3) is 0.250. The summed E-state index contributed by atoms with van der Waals surface area (Å²) in [6.45, 7) is 2.75. The van der Waals surface area contributed by atoms with E-state index < -0.39 is 5.91 Å². The molecule has 7 heteroatoms. The van der Waals surface area contributed by atoms with Crippen molar-refractivity contribution in [3.05, 3.63) is 89.6 Å². The molecule has 0 aliphatic carbocycles. The molecule has 1 amide bonds. The van der Waals surface area contributed by atoms with Crippen LogP contribution in [-0.4, -0.2) is 48.0 Å². The zero-order chi connectivity index (χ0) is 21.5. The van der Waals surface area contributed by atoms with Crippen LogP contribution in [0.25, 0.3) is 6.08 Å². The molecule has 4 bridgehead atoms. The quantitative estimate of drug-likeness (QED) is 0.759. The van der Waals surface area contributed by atoms with Gasteiger partial charge in [-0.05, 0) is 35.3 Å². The van der Waals surface area contributed by atoms with Crippen LogP contribution in [0.2, 0.25) is 0 Å². The second kappa shape index (κ2) is 10.1. The van der Waals surface area contributed by atoms with Gasteiger partial charge in [0.15, 0.2) is 6.40 Å². The lowest BCUT2D eigenvalue weighted by atomic mass is 9.95. The number of allylic oxidation sites excluding steroid dienone is 4. The van der Waals surface area contributed by atoms with Crippen LogP contribution in [0.15, 0.2) is 77.9 Å². The maximum atomic E-state index is 11.8. The van der Waals surface area contributed by atoms with Crippen LogP contribution in [0.5, 0.6) is 0 Å². The van der Waals surface area contributed by atoms with Crippen LogP contribution < -0.4 is 5.73 Å². The average Bonchev–Trinajstić information content (AvgIpc) is 3.19. The van der Waals surface area contributed by atoms with Crippen molar-refractivity contribution in [2.75, 3.05) is 19.8 Å². The van der Waals surface area contributed by atoms with E-state index in [-0.39, 0.29) is 6.10 Å². The molecule has 0 saturated carbocycles. The van der Waals surface area contributed by atoms with Crippen molar-refractivity contribution in [3.63, 3.8) is 0 Å². The van der Waals surface area contributed by atoms with Crippen molar-refractivity contribution in [1.82, 2.24) is 9.80 Å². The number of amides is 1. The smallest absolute Gasteiger partial charge is 0.265 e. The van der Waals surface area contributed by atoms with E-state index >= 15 is 0 Å². The third-order valence-electron chi connectivity index (χ3n) is 5.36. The molecule has 1 aromatic rings. The summed E-state index contributed by atoms with van der Waals surface area (Å²) in [5.74, 6) is -0.493. The highest BCUT2D eigenvalue weighted by Gasteiger charge is 2.27. The van der Waals surface area contributed by atoms with Crippen LogP contribution >= 0.6 is 0 Å². The summed E-state index contributed by atoms with van der Waals surface area (Å²) in [5.41, 5.74) is 9.86. The van der Waals surface area contributed by atoms with Gasteiger partial charge in [-0.25, -0.2) is 4.99 Å². The van der Waals surface area contributed by atoms with E-state index in [1.54, 1.807) is 29.5 Å². The maximum absolute atomic E-state index is 11.8. The molecule has 2 unspecified atom stereocenters. The van der Waals surface area contributed by atoms with Crippen LogP contribution in [0.1, 0.15) is 16.7 Å². The molecule has 1 aromatic carbocycles. The zero-order valence-electron chi connectivity index (χ0n) is 17.3. The van der Waals surface area contributed by atoms with Gasteiger partial charge in [-0.2, -0.15) is 0 Å². The van der Waals surface area contributed by atoms with Crippen molar-refractivity contribution < 1.29 is 14.3 Å². The molecular formula is C24H26N4O3. The van der Waals surface area contributed by atoms with E-state index in [2.05, 4.69) is 34.2 Å². The number of ether oxygens (including phenoxy) is 2. The van der Waals surface area contributed by atoms with E-state index in [0.29, 0.717) is 19.0 Å². The summed E-state index contributed by atoms with van der Waals surface area (Å²) >= 11 is 0. The first-order valence-electron chi connectivity index (χ1n) is 10.3. The minimum atomic E-state index is -0.493. The van der Waals surface area contributed by atoms with Crippen LogP contribution in [0, 0.1) is 0 Å². The van der Waals surface area contributed by atoms with E-state index in [4.69, 9.17) is 15.2 Å². The highest BCUT2D eigenvalue weighted by atomic mass is 16.5. The lowest BCUT2D eigenvalue weighted by Crippen LogP contribution is -2.35. The summed E-state index contributed by atoms with van der Waals surface area (Å²) in [7, 11) is 0. The number of benzene rings is 1. The molecule has 2 atom stereocenters. The monoisotopic (exact) mass is 418 g/mol. The van der Waals surface area contributed by atoms with Gasteiger partial charge in [0, 0.05) is 25.5 Å². The maximum Gasteiger partial charge on any atom is 0.265 e. The Kier molecular flexibility index (Phi) is 6.76. The molecule has 3 aliphatic rings. The second-order valence-electron chi connectivity index (χ2n) is 7.45. The summed E-state index contributed by atoms with van der Waals surface area (Å²) in [6.07, 6.45) is 18.4. The largest absolute Gasteiger partial charge is 0.453 e. The number of nitrogens with two attached hydrogens (primary N) is 1. The van der Waals surface area contributed by atoms with Gasteiger partial charge in [-0.15, -0.1) is 0 Å². The number of carbonyl (C=O) groups excluding carboxylic acids is 1. The number of rotatable bonds is 1. The highest BCUT2D eigenvalue weighted by molar-refractivity contribution is 5.92. The van der Waals surface area contributed by atoms with Crippen LogP contribution in [-0.2, 0) is 27.2 Å². The summed E-state index contributed by atoms with van der Waals surface area (Å²) in [4.78, 5) is 19.9. The Morgan fingerprint density at radius 1 is 1.19 bits per heavy atom. The Morgan fingerprint density at radius 2 is 2.10 bits per heavy atom. The Morgan fingerprint density at radius 3 is 3.00 bits per heavy atom. The molecule has 0 saturated heterocycles. The van der Waals surface area contributed by atoms with Crippen molar-refractivity contribution in [2.24, 2.45) is 10.7 Å². The van der Waals surface area contributed by atoms with Gasteiger partial charge in [-0.3, -0.25) is 9.69 Å². The number of primary amides is 1. The Hall–Kier alpha value is -3.42. The molecule has 0 fully saturated rings. The first-order chi connectivity index (χ1) is 15.2. The highest BCUT2D eigenvalue weighted by Crippen LogP contribution is 2.25. The molecule has 2 N–H and O–H groups in total. The van der Waals surface area contributed by atoms with E-state index in [1.165, 1.54) is 29.4 Å². The molecule has 4 rings (SSSR count). The number of aliphatic imine (C=N–C) groups is 1. The first-order valence-corrected chi connectivity index (χ1v) is 10.3. The van der Waals surface area contributed by atoms with Crippen LogP contribution in [0.4, 0.5) is 0 Å². The minimum absolute atomic E-state index is 0.220. The number of hydrogen-bond donors (Lipinski definition) is 1. The Balaban J connectivity index is 1.56. The van der Waals surface area contributed by atoms with E-state index in [0.717, 1.165) is 19.5 Å². The standard InChI is InChI=1S/C24H26N4O3/c25-24(29)23-14-21-15-28(23)12-10-26-17-30-13-4-2-1-3-6-19-7-5-8-20-9-11-27(18-31-21)16-22(19)20/h1-8,10,12-14,17,21H,9,11,15-16,18H2,(H2,25,29). The zero-order valence-corrected chi connectivity index (χ0v) is 17.3. The van der Waals surface area contributed by atoms with Gasteiger partial charge in [-0.1, -0.05) is 42.5 Å². The van der Waals surface area contributed by atoms with Gasteiger partial charge < -0.3 is 20.1 Å². The van der Waals surface area contributed by atoms with E-state index in [9.17, 15) is 4.79 Å². The van der Waals surface area contributed by atoms with Gasteiger partial charge in [0.2, 0.25) is 0 Å². The van der Waals surface area contributed by atoms with Crippen molar-refractivity contribution in [1.29, 1.82) is 0 Å². The summed E-state index contributed by atoms with van der Waals surface area (Å²) < 4.78 is 11.3. The predicted octanol–water partition coefficient (Wildman–Crippen LogP) is 2.69. The third kappa shape index (κ3) is 5.39. The number of carbonyl (C=O) groups is 1. The normalized spacial score (nSPS) is 23.4.